The van der Waals surface area contributed by atoms with Gasteiger partial charge in [-0.15, -0.1) is 0 Å². The van der Waals surface area contributed by atoms with Gasteiger partial charge in [0.1, 0.15) is 23.0 Å². The van der Waals surface area contributed by atoms with Gasteiger partial charge in [0.25, 0.3) is 0 Å². The fourth-order valence-electron chi connectivity index (χ4n) is 30.0. The Bertz CT molecular complexity index is 3820. The Morgan fingerprint density at radius 3 is 0.575 bits per heavy atom. The molecule has 0 aromatic heterocycles. The van der Waals surface area contributed by atoms with E-state index in [4.69, 9.17) is 18.9 Å². The highest BCUT2D eigenvalue weighted by Gasteiger charge is 2.36. The maximum Gasteiger partial charge on any atom is 0.118 e. The molecule has 4 nitrogen and oxygen atoms in total. The number of hydrogen-bond donors (Lipinski definition) is 0. The van der Waals surface area contributed by atoms with Crippen LogP contribution in [0.5, 0.6) is 23.0 Å². The summed E-state index contributed by atoms with van der Waals surface area (Å²) in [6.45, 7) is 27.7. The van der Waals surface area contributed by atoms with Gasteiger partial charge in [-0.05, 0) is 495 Å². The van der Waals surface area contributed by atoms with Crippen LogP contribution in [0.4, 0.5) is 0 Å². The van der Waals surface area contributed by atoms with Crippen molar-refractivity contribution in [1.82, 2.24) is 0 Å². The zero-order valence-electron chi connectivity index (χ0n) is 98.8. The molecule has 0 heterocycles. The average molecular weight is 2010 g/mol. The van der Waals surface area contributed by atoms with Crippen LogP contribution in [0.1, 0.15) is 578 Å². The number of hydrogen-bond acceptors (Lipinski definition) is 4. The first-order valence-electron chi connectivity index (χ1n) is 64.9. The third-order valence-corrected chi connectivity index (χ3v) is 40.3. The maximum atomic E-state index is 5.23. The van der Waals surface area contributed by atoms with Crippen molar-refractivity contribution in [2.45, 2.75) is 556 Å². The van der Waals surface area contributed by atoms with E-state index in [1.807, 2.05) is 0 Å². The van der Waals surface area contributed by atoms with Crippen LogP contribution in [0.3, 0.4) is 0 Å². The molecule has 0 N–H and O–H groups in total. The van der Waals surface area contributed by atoms with Gasteiger partial charge in [0.2, 0.25) is 0 Å². The minimum Gasteiger partial charge on any atom is -0.497 e. The number of unbranched alkanes of at least 4 members (excludes halogenated alkanes) is 5. The zero-order valence-corrected chi connectivity index (χ0v) is 98.8. The smallest absolute Gasteiger partial charge is 0.118 e. The van der Waals surface area contributed by atoms with Crippen molar-refractivity contribution in [3.05, 3.63) is 168 Å². The normalized spacial score (nSPS) is 30.7. The fraction of sp³-hybridized carbons (Fsp3) is 0.775. The molecule has 0 aliphatic heterocycles. The van der Waals surface area contributed by atoms with Gasteiger partial charge in [0.05, 0.1) is 28.4 Å². The Morgan fingerprint density at radius 1 is 0.185 bits per heavy atom. The first kappa shape index (κ1) is 125. The molecule has 4 aromatic rings. The highest BCUT2D eigenvalue weighted by Crippen LogP contribution is 2.50. The lowest BCUT2D eigenvalue weighted by atomic mass is 9.68. The average Bonchev–Trinajstić information content (AvgIpc) is 0.877. The third-order valence-electron chi connectivity index (χ3n) is 40.3. The number of benzene rings is 4. The lowest BCUT2D eigenvalue weighted by Crippen LogP contribution is -2.25. The van der Waals surface area contributed by atoms with E-state index in [2.05, 4.69) is 229 Å². The van der Waals surface area contributed by atoms with Gasteiger partial charge in [0.15, 0.2) is 0 Å². The van der Waals surface area contributed by atoms with Crippen molar-refractivity contribution in [1.29, 1.82) is 0 Å². The molecule has 146 heavy (non-hydrogen) atoms. The van der Waals surface area contributed by atoms with Crippen molar-refractivity contribution in [3.63, 3.8) is 0 Å². The van der Waals surface area contributed by atoms with E-state index in [9.17, 15) is 0 Å². The predicted octanol–water partition coefficient (Wildman–Crippen LogP) is 45.3. The van der Waals surface area contributed by atoms with Crippen molar-refractivity contribution in [2.24, 2.45) is 118 Å². The Morgan fingerprint density at radius 2 is 0.377 bits per heavy atom. The summed E-state index contributed by atoms with van der Waals surface area (Å²) in [5, 5.41) is 0. The molecule has 0 amide bonds. The summed E-state index contributed by atoms with van der Waals surface area (Å²) in [6, 6.07) is 34.7. The predicted molar refractivity (Wildman–Crippen MR) is 641 cm³/mol. The second-order valence-corrected chi connectivity index (χ2v) is 50.1. The standard InChI is InChI=1S/C20H36.2C19H34.C18H28O.C18H32.C17H26O.C16H24O.C15H22O/c1-3-5-6-8-18-11-15-20(16-12-18)19-13-9-17(7-4-2)10-14-19;1-3-5-6-7-17-10-14-19(15-11-17)18-12-8-16(4-2)9-13-18;1-3-5-7-17-10-14-19(15-11-17)18-12-8-16(6-4-2)9-13-18;1-3-4-5-6-15-7-9-16(10-8-15)17-11-13-18(19-2)14-12-17;1-3-5-6-16-9-13-18(14-10-16)17-11-7-15(4-2)8-12-17;1-3-4-5-14-6-8-15(9-7-14)16-10-12-17(18-2)13-11-16;1-3-4-13-5-7-14(8-6-13)15-9-11-16(17-2)12-10-15;1-3-12-4-6-13(7-5-12)14-8-10-15(16-2)11-9-14/h6,8,17-20H,3-5,7,9-16H2,1-2H3;6-7,16-19H,3-5,8-15H2,1-2H3;5,7,16-19H,3-4,6,8-15H2,1-2H3;11-16H,3-10H2,1-2H3;5-6,15-18H,3-4,7-14H2,1-2H3;10-15H,3-9H2,1-2H3;9-14H,3-8H2,1-2H3;8-13H,3-7H2,1-2H3/b8-6+;7-6+;7-5+;;6-5+;;;. The molecule has 0 saturated heterocycles. The first-order chi connectivity index (χ1) is 71.6. The molecule has 4 aromatic carbocycles. The summed E-state index contributed by atoms with van der Waals surface area (Å²) in [4.78, 5) is 0. The summed E-state index contributed by atoms with van der Waals surface area (Å²) < 4.78 is 20.8. The van der Waals surface area contributed by atoms with Crippen molar-refractivity contribution >= 4 is 0 Å². The number of methoxy groups -OCH3 is 4. The largest absolute Gasteiger partial charge is 0.497 e. The molecule has 0 unspecified atom stereocenters. The quantitative estimate of drug-likeness (QED) is 0.0331. The van der Waals surface area contributed by atoms with Gasteiger partial charge in [0, 0.05) is 0 Å². The van der Waals surface area contributed by atoms with Crippen LogP contribution >= 0.6 is 0 Å². The van der Waals surface area contributed by atoms with Gasteiger partial charge in [-0.1, -0.05) is 347 Å². The lowest BCUT2D eigenvalue weighted by molar-refractivity contribution is 0.152. The van der Waals surface area contributed by atoms with Crippen molar-refractivity contribution in [2.75, 3.05) is 28.4 Å². The number of allylic oxidation sites excluding steroid dienone is 8. The van der Waals surface area contributed by atoms with Crippen LogP contribution in [0.15, 0.2) is 146 Å². The van der Waals surface area contributed by atoms with Crippen LogP contribution in [0.2, 0.25) is 0 Å². The van der Waals surface area contributed by atoms with Crippen molar-refractivity contribution < 1.29 is 18.9 Å². The van der Waals surface area contributed by atoms with Gasteiger partial charge in [-0.25, -0.2) is 0 Å². The fourth-order valence-corrected chi connectivity index (χ4v) is 30.0. The summed E-state index contributed by atoms with van der Waals surface area (Å²) >= 11 is 0. The minimum atomic E-state index is 0.785. The molecule has 12 fully saturated rings. The summed E-state index contributed by atoms with van der Waals surface area (Å²) in [5.74, 6) is 27.6. The van der Waals surface area contributed by atoms with E-state index >= 15 is 0 Å². The highest BCUT2D eigenvalue weighted by molar-refractivity contribution is 5.33. The monoisotopic (exact) mass is 2010 g/mol. The molecule has 0 radical (unpaired) electrons. The molecule has 16 rings (SSSR count). The van der Waals surface area contributed by atoms with Crippen molar-refractivity contribution in [3.8, 4) is 23.0 Å². The maximum absolute atomic E-state index is 5.23. The third kappa shape index (κ3) is 47.2. The van der Waals surface area contributed by atoms with Crippen LogP contribution in [-0.4, -0.2) is 28.4 Å². The molecular formula is C142H236O4. The van der Waals surface area contributed by atoms with Gasteiger partial charge in [-0.3, -0.25) is 0 Å². The molecule has 12 saturated carbocycles. The minimum absolute atomic E-state index is 0.785. The molecule has 12 aliphatic carbocycles. The van der Waals surface area contributed by atoms with E-state index in [1.54, 1.807) is 79.8 Å². The molecule has 828 valence electrons. The highest BCUT2D eigenvalue weighted by atomic mass is 16.5. The van der Waals surface area contributed by atoms with E-state index < -0.39 is 0 Å². The molecule has 0 bridgehead atoms. The molecule has 4 heteroatoms. The van der Waals surface area contributed by atoms with Crippen LogP contribution in [0, 0.1) is 118 Å². The molecule has 0 spiro atoms. The van der Waals surface area contributed by atoms with E-state index in [0.29, 0.717) is 0 Å². The first-order valence-corrected chi connectivity index (χ1v) is 64.9. The Labute approximate surface area is 906 Å². The Kier molecular flexibility index (Phi) is 64.6. The summed E-state index contributed by atoms with van der Waals surface area (Å²) in [7, 11) is 6.91. The number of ether oxygens (including phenoxy) is 4. The SMILES string of the molecule is CC/C=C/C1CCC(C2CCC(CC)CC2)CC1.CC/C=C/C1CCC(C2CCC(CCC)CC2)CC1.CCC/C=C/C1CCC(C2CCC(CC)CC2)CC1.CCC/C=C/C1CCC(C2CCC(CCC)CC2)CC1.CCC1CCC(c2ccc(OC)cc2)CC1.CCCC1CCC(c2ccc(OC)cc2)CC1.CCCCC1CCC(c2ccc(OC)cc2)CC1.CCCCCC1CCC(c2ccc(OC)cc2)CC1. The Balaban J connectivity index is 0.000000186. The Hall–Kier alpha value is -4.96. The second kappa shape index (κ2) is 75.8. The zero-order chi connectivity index (χ0) is 104. The molecular weight excluding hydrogens is 1770 g/mol. The lowest BCUT2D eigenvalue weighted by Gasteiger charge is -2.37. The van der Waals surface area contributed by atoms with Crippen LogP contribution in [-0.2, 0) is 0 Å². The van der Waals surface area contributed by atoms with E-state index in [-0.39, 0.29) is 0 Å². The van der Waals surface area contributed by atoms with Gasteiger partial charge in [-0.2, -0.15) is 0 Å². The molecule has 0 atom stereocenters. The van der Waals surface area contributed by atoms with Gasteiger partial charge >= 0.3 is 0 Å². The van der Waals surface area contributed by atoms with Crippen LogP contribution < -0.4 is 18.9 Å². The summed E-state index contributed by atoms with van der Waals surface area (Å²) in [6.07, 6.45) is 121. The van der Waals surface area contributed by atoms with E-state index in [1.165, 1.54) is 420 Å². The molecule has 12 aliphatic rings. The number of rotatable bonds is 38. The van der Waals surface area contributed by atoms with Crippen LogP contribution in [0.25, 0.3) is 0 Å². The summed E-state index contributed by atoms with van der Waals surface area (Å²) in [5.41, 5.74) is 6.01. The topological polar surface area (TPSA) is 36.9 Å². The second-order valence-electron chi connectivity index (χ2n) is 50.1. The van der Waals surface area contributed by atoms with Gasteiger partial charge < -0.3 is 18.9 Å². The van der Waals surface area contributed by atoms with E-state index in [0.717, 1.165) is 165 Å².